The monoisotopic (exact) mass is 263 g/mol. The van der Waals surface area contributed by atoms with E-state index in [0.29, 0.717) is 6.04 Å². The van der Waals surface area contributed by atoms with Crippen LogP contribution in [-0.2, 0) is 17.6 Å². The van der Waals surface area contributed by atoms with Crippen LogP contribution in [0.1, 0.15) is 44.7 Å². The summed E-state index contributed by atoms with van der Waals surface area (Å²) < 4.78 is 5.41. The highest BCUT2D eigenvalue weighted by molar-refractivity contribution is 5.23. The van der Waals surface area contributed by atoms with E-state index in [9.17, 15) is 0 Å². The first-order valence-electron chi connectivity index (χ1n) is 7.69. The van der Waals surface area contributed by atoms with Gasteiger partial charge in [0, 0.05) is 19.3 Å². The van der Waals surface area contributed by atoms with Crippen LogP contribution in [-0.4, -0.2) is 25.8 Å². The fourth-order valence-electron chi connectivity index (χ4n) is 2.34. The zero-order valence-electron chi connectivity index (χ0n) is 12.7. The molecule has 1 N–H and O–H groups in total. The van der Waals surface area contributed by atoms with E-state index in [2.05, 4.69) is 50.4 Å². The summed E-state index contributed by atoms with van der Waals surface area (Å²) in [6.07, 6.45) is 4.55. The third-order valence-corrected chi connectivity index (χ3v) is 3.45. The van der Waals surface area contributed by atoms with Gasteiger partial charge in [-0.1, -0.05) is 38.1 Å². The molecule has 0 heterocycles. The molecule has 0 aromatic heterocycles. The zero-order valence-corrected chi connectivity index (χ0v) is 12.7. The summed E-state index contributed by atoms with van der Waals surface area (Å²) >= 11 is 0. The van der Waals surface area contributed by atoms with Crippen LogP contribution in [0.2, 0.25) is 0 Å². The van der Waals surface area contributed by atoms with Gasteiger partial charge in [0.2, 0.25) is 0 Å². The minimum absolute atomic E-state index is 0.568. The lowest BCUT2D eigenvalue weighted by Gasteiger charge is -2.18. The second-order valence-electron chi connectivity index (χ2n) is 4.97. The molecule has 2 heteroatoms. The van der Waals surface area contributed by atoms with E-state index < -0.39 is 0 Å². The molecule has 0 spiro atoms. The van der Waals surface area contributed by atoms with Crippen LogP contribution in [0, 0.1) is 0 Å². The minimum Gasteiger partial charge on any atom is -0.382 e. The van der Waals surface area contributed by atoms with E-state index in [1.807, 2.05) is 0 Å². The summed E-state index contributed by atoms with van der Waals surface area (Å²) in [4.78, 5) is 0. The van der Waals surface area contributed by atoms with Gasteiger partial charge in [-0.3, -0.25) is 0 Å². The summed E-state index contributed by atoms with van der Waals surface area (Å²) in [5, 5.41) is 3.58. The van der Waals surface area contributed by atoms with Crippen molar-refractivity contribution >= 4 is 0 Å². The largest absolute Gasteiger partial charge is 0.382 e. The van der Waals surface area contributed by atoms with Gasteiger partial charge in [-0.05, 0) is 50.3 Å². The van der Waals surface area contributed by atoms with Crippen molar-refractivity contribution in [3.8, 4) is 0 Å². The Labute approximate surface area is 118 Å². The fraction of sp³-hybridized carbons (Fsp3) is 0.647. The molecule has 1 unspecified atom stereocenters. The topological polar surface area (TPSA) is 21.3 Å². The van der Waals surface area contributed by atoms with E-state index in [-0.39, 0.29) is 0 Å². The number of ether oxygens (including phenoxy) is 1. The number of hydrogen-bond acceptors (Lipinski definition) is 2. The van der Waals surface area contributed by atoms with E-state index >= 15 is 0 Å². The lowest BCUT2D eigenvalue weighted by Crippen LogP contribution is -2.31. The first kappa shape index (κ1) is 16.2. The highest BCUT2D eigenvalue weighted by Gasteiger charge is 2.08. The van der Waals surface area contributed by atoms with Crippen LogP contribution in [0.25, 0.3) is 0 Å². The molecule has 1 rings (SSSR count). The summed E-state index contributed by atoms with van der Waals surface area (Å²) in [5.41, 5.74) is 2.85. The third kappa shape index (κ3) is 6.74. The molecule has 1 atom stereocenters. The Morgan fingerprint density at radius 3 is 2.32 bits per heavy atom. The number of aryl methyl sites for hydroxylation is 1. The average Bonchev–Trinajstić information content (AvgIpc) is 2.44. The van der Waals surface area contributed by atoms with E-state index in [1.54, 1.807) is 0 Å². The second kappa shape index (κ2) is 9.99. The SMILES string of the molecule is CCNC(CCCOCC)Cc1ccc(CC)cc1. The number of hydrogen-bond donors (Lipinski definition) is 1. The van der Waals surface area contributed by atoms with Crippen LogP contribution in [0.15, 0.2) is 24.3 Å². The van der Waals surface area contributed by atoms with Crippen LogP contribution in [0.5, 0.6) is 0 Å². The van der Waals surface area contributed by atoms with Gasteiger partial charge in [0.1, 0.15) is 0 Å². The van der Waals surface area contributed by atoms with Crippen LogP contribution in [0.4, 0.5) is 0 Å². The van der Waals surface area contributed by atoms with Crippen molar-refractivity contribution < 1.29 is 4.74 Å². The number of nitrogens with one attached hydrogen (secondary N) is 1. The van der Waals surface area contributed by atoms with Gasteiger partial charge in [-0.15, -0.1) is 0 Å². The van der Waals surface area contributed by atoms with E-state index in [4.69, 9.17) is 4.74 Å². The average molecular weight is 263 g/mol. The summed E-state index contributed by atoms with van der Waals surface area (Å²) in [6.45, 7) is 9.17. The first-order valence-corrected chi connectivity index (χ1v) is 7.69. The highest BCUT2D eigenvalue weighted by Crippen LogP contribution is 2.10. The van der Waals surface area contributed by atoms with Crippen LogP contribution < -0.4 is 5.32 Å². The van der Waals surface area contributed by atoms with Crippen molar-refractivity contribution in [1.29, 1.82) is 0 Å². The van der Waals surface area contributed by atoms with Crippen molar-refractivity contribution in [3.05, 3.63) is 35.4 Å². The van der Waals surface area contributed by atoms with Gasteiger partial charge >= 0.3 is 0 Å². The van der Waals surface area contributed by atoms with Crippen molar-refractivity contribution in [2.24, 2.45) is 0 Å². The first-order chi connectivity index (χ1) is 9.30. The fourth-order valence-corrected chi connectivity index (χ4v) is 2.34. The maximum atomic E-state index is 5.41. The Kier molecular flexibility index (Phi) is 8.52. The Morgan fingerprint density at radius 2 is 1.74 bits per heavy atom. The molecule has 0 aliphatic carbocycles. The number of benzene rings is 1. The molecule has 0 aliphatic rings. The molecule has 0 aliphatic heterocycles. The quantitative estimate of drug-likeness (QED) is 0.651. The molecule has 1 aromatic carbocycles. The third-order valence-electron chi connectivity index (χ3n) is 3.45. The molecule has 0 saturated carbocycles. The Hall–Kier alpha value is -0.860. The van der Waals surface area contributed by atoms with Crippen LogP contribution in [0.3, 0.4) is 0 Å². The van der Waals surface area contributed by atoms with Crippen LogP contribution >= 0.6 is 0 Å². The predicted octanol–water partition coefficient (Wildman–Crippen LogP) is 3.59. The molecule has 0 amide bonds. The Bertz CT molecular complexity index is 321. The van der Waals surface area contributed by atoms with E-state index in [0.717, 1.165) is 39.0 Å². The Morgan fingerprint density at radius 1 is 1.05 bits per heavy atom. The van der Waals surface area contributed by atoms with Gasteiger partial charge in [0.05, 0.1) is 0 Å². The molecular weight excluding hydrogens is 234 g/mol. The minimum atomic E-state index is 0.568. The molecule has 0 fully saturated rings. The summed E-state index contributed by atoms with van der Waals surface area (Å²) in [6, 6.07) is 9.60. The summed E-state index contributed by atoms with van der Waals surface area (Å²) in [7, 11) is 0. The molecular formula is C17H29NO. The molecule has 0 radical (unpaired) electrons. The normalized spacial score (nSPS) is 12.6. The lowest BCUT2D eigenvalue weighted by atomic mass is 10.0. The van der Waals surface area contributed by atoms with Gasteiger partial charge in [-0.2, -0.15) is 0 Å². The molecule has 1 aromatic rings. The number of likely N-dealkylation sites (N-methyl/N-ethyl adjacent to an activating group) is 1. The molecule has 19 heavy (non-hydrogen) atoms. The van der Waals surface area contributed by atoms with Gasteiger partial charge in [0.25, 0.3) is 0 Å². The van der Waals surface area contributed by atoms with Crippen molar-refractivity contribution in [2.45, 2.75) is 52.5 Å². The maximum Gasteiger partial charge on any atom is 0.0466 e. The second-order valence-corrected chi connectivity index (χ2v) is 4.97. The maximum absolute atomic E-state index is 5.41. The standard InChI is InChI=1S/C17H29NO/c1-4-15-9-11-16(12-10-15)14-17(18-5-2)8-7-13-19-6-3/h9-12,17-18H,4-8,13-14H2,1-3H3. The molecule has 0 saturated heterocycles. The summed E-state index contributed by atoms with van der Waals surface area (Å²) in [5.74, 6) is 0. The lowest BCUT2D eigenvalue weighted by molar-refractivity contribution is 0.141. The van der Waals surface area contributed by atoms with Gasteiger partial charge < -0.3 is 10.1 Å². The van der Waals surface area contributed by atoms with Crippen molar-refractivity contribution in [2.75, 3.05) is 19.8 Å². The molecule has 0 bridgehead atoms. The highest BCUT2D eigenvalue weighted by atomic mass is 16.5. The predicted molar refractivity (Wildman–Crippen MR) is 82.7 cm³/mol. The number of rotatable bonds is 10. The van der Waals surface area contributed by atoms with E-state index in [1.165, 1.54) is 17.5 Å². The van der Waals surface area contributed by atoms with Crippen molar-refractivity contribution in [1.82, 2.24) is 5.32 Å². The smallest absolute Gasteiger partial charge is 0.0466 e. The molecule has 108 valence electrons. The van der Waals surface area contributed by atoms with Gasteiger partial charge in [0.15, 0.2) is 0 Å². The zero-order chi connectivity index (χ0) is 13.9. The Balaban J connectivity index is 2.42. The molecule has 2 nitrogen and oxygen atoms in total. The van der Waals surface area contributed by atoms with Gasteiger partial charge in [-0.25, -0.2) is 0 Å². The van der Waals surface area contributed by atoms with Crippen molar-refractivity contribution in [3.63, 3.8) is 0 Å².